The van der Waals surface area contributed by atoms with E-state index in [4.69, 9.17) is 10.5 Å². The highest BCUT2D eigenvalue weighted by Crippen LogP contribution is 2.10. The maximum atomic E-state index is 11.9. The number of aromatic amines is 1. The van der Waals surface area contributed by atoms with Crippen LogP contribution in [0.3, 0.4) is 0 Å². The van der Waals surface area contributed by atoms with E-state index in [0.29, 0.717) is 24.3 Å². The van der Waals surface area contributed by atoms with Gasteiger partial charge in [-0.05, 0) is 12.1 Å². The van der Waals surface area contributed by atoms with Crippen molar-refractivity contribution in [3.63, 3.8) is 0 Å². The molecule has 0 spiro atoms. The number of methoxy groups -OCH3 is 1. The van der Waals surface area contributed by atoms with E-state index in [1.54, 1.807) is 19.2 Å². The van der Waals surface area contributed by atoms with Crippen molar-refractivity contribution < 1.29 is 4.74 Å². The minimum absolute atomic E-state index is 0.00596. The average molecular weight is 247 g/mol. The molecule has 2 rings (SSSR count). The van der Waals surface area contributed by atoms with Crippen molar-refractivity contribution in [3.8, 4) is 0 Å². The molecule has 96 valence electrons. The summed E-state index contributed by atoms with van der Waals surface area (Å²) < 4.78 is 5.16. The van der Waals surface area contributed by atoms with Gasteiger partial charge in [-0.3, -0.25) is 4.79 Å². The zero-order chi connectivity index (χ0) is 13.0. The zero-order valence-corrected chi connectivity index (χ0v) is 10.3. The minimum atomic E-state index is -0.0695. The Kier molecular flexibility index (Phi) is 3.96. The molecule has 0 bridgehead atoms. The quantitative estimate of drug-likeness (QED) is 0.733. The monoisotopic (exact) mass is 247 g/mol. The van der Waals surface area contributed by atoms with E-state index in [2.05, 4.69) is 10.3 Å². The third kappa shape index (κ3) is 2.69. The highest BCUT2D eigenvalue weighted by Gasteiger charge is 2.05. The van der Waals surface area contributed by atoms with Crippen molar-refractivity contribution in [2.75, 3.05) is 25.5 Å². The first-order valence-electron chi connectivity index (χ1n) is 5.83. The lowest BCUT2D eigenvalue weighted by Gasteiger charge is -2.14. The van der Waals surface area contributed by atoms with Crippen LogP contribution in [0.2, 0.25) is 0 Å². The lowest BCUT2D eigenvalue weighted by molar-refractivity contribution is 0.120. The predicted molar refractivity (Wildman–Crippen MR) is 72.9 cm³/mol. The Hall–Kier alpha value is -1.85. The van der Waals surface area contributed by atoms with Gasteiger partial charge in [-0.25, -0.2) is 0 Å². The lowest BCUT2D eigenvalue weighted by atomic mass is 10.2. The summed E-state index contributed by atoms with van der Waals surface area (Å²) in [6.07, 6.45) is -0.0695. The van der Waals surface area contributed by atoms with Gasteiger partial charge in [-0.15, -0.1) is 0 Å². The number of pyridine rings is 1. The maximum Gasteiger partial charge on any atom is 0.191 e. The van der Waals surface area contributed by atoms with Gasteiger partial charge in [0.05, 0.1) is 11.6 Å². The van der Waals surface area contributed by atoms with E-state index >= 15 is 0 Å². The third-order valence-corrected chi connectivity index (χ3v) is 2.85. The number of aromatic nitrogens is 1. The molecule has 0 aliphatic rings. The van der Waals surface area contributed by atoms with Crippen molar-refractivity contribution in [1.29, 1.82) is 0 Å². The molecule has 0 radical (unpaired) electrons. The van der Waals surface area contributed by atoms with Crippen LogP contribution in [0.1, 0.15) is 0 Å². The van der Waals surface area contributed by atoms with E-state index in [1.807, 2.05) is 18.2 Å². The Morgan fingerprint density at radius 3 is 2.94 bits per heavy atom. The van der Waals surface area contributed by atoms with Crippen LogP contribution in [0.4, 0.5) is 5.82 Å². The average Bonchev–Trinajstić information content (AvgIpc) is 2.40. The number of hydrogen-bond acceptors (Lipinski definition) is 4. The minimum Gasteiger partial charge on any atom is -0.378 e. The largest absolute Gasteiger partial charge is 0.378 e. The Balaban J connectivity index is 2.22. The van der Waals surface area contributed by atoms with Crippen LogP contribution >= 0.6 is 0 Å². The van der Waals surface area contributed by atoms with Crippen molar-refractivity contribution in [2.24, 2.45) is 5.73 Å². The number of ether oxygens (including phenoxy) is 1. The Morgan fingerprint density at radius 2 is 2.22 bits per heavy atom. The normalized spacial score (nSPS) is 12.6. The number of rotatable bonds is 5. The fourth-order valence-electron chi connectivity index (χ4n) is 1.78. The summed E-state index contributed by atoms with van der Waals surface area (Å²) in [5.74, 6) is 0.675. The summed E-state index contributed by atoms with van der Waals surface area (Å²) in [4.78, 5) is 15.0. The van der Waals surface area contributed by atoms with Gasteiger partial charge in [-0.1, -0.05) is 12.1 Å². The first kappa shape index (κ1) is 12.6. The molecule has 0 saturated heterocycles. The van der Waals surface area contributed by atoms with Gasteiger partial charge in [-0.2, -0.15) is 0 Å². The van der Waals surface area contributed by atoms with Crippen LogP contribution in [0.15, 0.2) is 35.1 Å². The second kappa shape index (κ2) is 5.66. The molecular weight excluding hydrogens is 230 g/mol. The molecular formula is C13H17N3O2. The van der Waals surface area contributed by atoms with Crippen LogP contribution in [-0.2, 0) is 4.74 Å². The number of anilines is 1. The second-order valence-corrected chi connectivity index (χ2v) is 4.07. The lowest BCUT2D eigenvalue weighted by Crippen LogP contribution is -2.30. The standard InChI is InChI=1S/C13H17N3O2/c1-18-9(7-14)8-15-13-6-12(17)10-4-2-3-5-11(10)16-13/h2-6,9H,7-8,14H2,1H3,(H2,15,16,17). The van der Waals surface area contributed by atoms with Crippen LogP contribution in [-0.4, -0.2) is 31.3 Å². The number of para-hydroxylation sites is 1. The summed E-state index contributed by atoms with van der Waals surface area (Å²) >= 11 is 0. The van der Waals surface area contributed by atoms with E-state index < -0.39 is 0 Å². The van der Waals surface area contributed by atoms with Gasteiger partial charge < -0.3 is 20.8 Å². The van der Waals surface area contributed by atoms with Crippen molar-refractivity contribution in [1.82, 2.24) is 4.98 Å². The Morgan fingerprint density at radius 1 is 1.44 bits per heavy atom. The fourth-order valence-corrected chi connectivity index (χ4v) is 1.78. The van der Waals surface area contributed by atoms with Gasteiger partial charge in [0, 0.05) is 31.7 Å². The second-order valence-electron chi connectivity index (χ2n) is 4.07. The molecule has 0 saturated carbocycles. The van der Waals surface area contributed by atoms with E-state index in [1.165, 1.54) is 0 Å². The first-order valence-corrected chi connectivity index (χ1v) is 5.83. The molecule has 5 nitrogen and oxygen atoms in total. The van der Waals surface area contributed by atoms with Gasteiger partial charge in [0.2, 0.25) is 0 Å². The summed E-state index contributed by atoms with van der Waals surface area (Å²) in [6.45, 7) is 0.989. The number of benzene rings is 1. The molecule has 1 unspecified atom stereocenters. The van der Waals surface area contributed by atoms with Crippen LogP contribution in [0.25, 0.3) is 10.9 Å². The fraction of sp³-hybridized carbons (Fsp3) is 0.308. The molecule has 1 heterocycles. The predicted octanol–water partition coefficient (Wildman–Crippen LogP) is 0.914. The van der Waals surface area contributed by atoms with Gasteiger partial charge in [0.25, 0.3) is 0 Å². The number of fused-ring (bicyclic) bond motifs is 1. The maximum absolute atomic E-state index is 11.9. The molecule has 1 aromatic carbocycles. The SMILES string of the molecule is COC(CN)CNc1cc(=O)c2ccccc2[nH]1. The molecule has 0 aliphatic heterocycles. The Bertz CT molecular complexity index is 576. The van der Waals surface area contributed by atoms with E-state index in [-0.39, 0.29) is 11.5 Å². The summed E-state index contributed by atoms with van der Waals surface area (Å²) in [5.41, 5.74) is 6.34. The van der Waals surface area contributed by atoms with Gasteiger partial charge in [0.15, 0.2) is 5.43 Å². The number of nitrogens with one attached hydrogen (secondary N) is 2. The van der Waals surface area contributed by atoms with Gasteiger partial charge >= 0.3 is 0 Å². The van der Waals surface area contributed by atoms with Crippen molar-refractivity contribution in [2.45, 2.75) is 6.10 Å². The molecule has 2 aromatic rings. The highest BCUT2D eigenvalue weighted by atomic mass is 16.5. The van der Waals surface area contributed by atoms with E-state index in [0.717, 1.165) is 5.52 Å². The molecule has 0 fully saturated rings. The van der Waals surface area contributed by atoms with E-state index in [9.17, 15) is 4.79 Å². The highest BCUT2D eigenvalue weighted by molar-refractivity contribution is 5.79. The van der Waals surface area contributed by atoms with Crippen LogP contribution < -0.4 is 16.5 Å². The number of nitrogens with two attached hydrogens (primary N) is 1. The summed E-state index contributed by atoms with van der Waals surface area (Å²) in [6, 6.07) is 8.96. The summed E-state index contributed by atoms with van der Waals surface area (Å²) in [7, 11) is 1.61. The Labute approximate surface area is 105 Å². The molecule has 18 heavy (non-hydrogen) atoms. The molecule has 5 heteroatoms. The molecule has 0 amide bonds. The smallest absolute Gasteiger partial charge is 0.191 e. The molecule has 1 atom stereocenters. The molecule has 4 N–H and O–H groups in total. The van der Waals surface area contributed by atoms with Crippen LogP contribution in [0, 0.1) is 0 Å². The van der Waals surface area contributed by atoms with Gasteiger partial charge in [0.1, 0.15) is 5.82 Å². The number of hydrogen-bond donors (Lipinski definition) is 3. The van der Waals surface area contributed by atoms with Crippen LogP contribution in [0.5, 0.6) is 0 Å². The number of H-pyrrole nitrogens is 1. The third-order valence-electron chi connectivity index (χ3n) is 2.85. The first-order chi connectivity index (χ1) is 8.74. The van der Waals surface area contributed by atoms with Crippen molar-refractivity contribution in [3.05, 3.63) is 40.6 Å². The topological polar surface area (TPSA) is 80.1 Å². The zero-order valence-electron chi connectivity index (χ0n) is 10.3. The summed E-state index contributed by atoms with van der Waals surface area (Å²) in [5, 5.41) is 3.80. The van der Waals surface area contributed by atoms with Crippen molar-refractivity contribution >= 4 is 16.7 Å². The molecule has 0 aliphatic carbocycles. The molecule has 1 aromatic heterocycles.